The number of nitrogens with zero attached hydrogens (tertiary/aromatic N) is 5. The number of ether oxygens (including phenoxy) is 1. The van der Waals surface area contributed by atoms with Crippen molar-refractivity contribution in [2.75, 3.05) is 11.4 Å². The summed E-state index contributed by atoms with van der Waals surface area (Å²) in [6.07, 6.45) is -0.654. The van der Waals surface area contributed by atoms with E-state index in [1.807, 2.05) is 29.2 Å². The maximum Gasteiger partial charge on any atom is 0.416 e. The second kappa shape index (κ2) is 9.33. The molecule has 8 nitrogen and oxygen atoms in total. The number of hydrogen-bond acceptors (Lipinski definition) is 6. The molecule has 1 aliphatic heterocycles. The number of pyridine rings is 1. The summed E-state index contributed by atoms with van der Waals surface area (Å²) in [5.41, 5.74) is 2.21. The summed E-state index contributed by atoms with van der Waals surface area (Å²) in [5, 5.41) is 0. The molecule has 0 unspecified atom stereocenters. The lowest BCUT2D eigenvalue weighted by Gasteiger charge is -2.28. The molecule has 1 aliphatic rings. The Kier molecular flexibility index (Phi) is 5.82. The summed E-state index contributed by atoms with van der Waals surface area (Å²) in [4.78, 5) is 31.9. The van der Waals surface area contributed by atoms with Gasteiger partial charge in [0.1, 0.15) is 6.61 Å². The molecule has 0 aliphatic carbocycles. The van der Waals surface area contributed by atoms with Gasteiger partial charge in [-0.15, -0.1) is 0 Å². The number of nitrogens with one attached hydrogen (secondary N) is 1. The molecule has 0 fully saturated rings. The van der Waals surface area contributed by atoms with E-state index in [0.717, 1.165) is 17.7 Å². The first-order valence-corrected chi connectivity index (χ1v) is 11.9. The van der Waals surface area contributed by atoms with E-state index in [-0.39, 0.29) is 30.2 Å². The van der Waals surface area contributed by atoms with Crippen LogP contribution in [-0.4, -0.2) is 31.0 Å². The number of imidazole rings is 1. The van der Waals surface area contributed by atoms with Crippen LogP contribution in [0.3, 0.4) is 0 Å². The number of para-hydroxylation sites is 1. The molecule has 6 rings (SSSR count). The normalized spacial score (nSPS) is 13.5. The fourth-order valence-corrected chi connectivity index (χ4v) is 4.49. The number of hydrogen-bond donors (Lipinski definition) is 1. The van der Waals surface area contributed by atoms with Crippen molar-refractivity contribution >= 4 is 17.0 Å². The molecule has 0 spiro atoms. The first kappa shape index (κ1) is 23.7. The van der Waals surface area contributed by atoms with Gasteiger partial charge in [0, 0.05) is 30.9 Å². The van der Waals surface area contributed by atoms with E-state index in [9.17, 15) is 18.0 Å². The van der Waals surface area contributed by atoms with Crippen LogP contribution in [0, 0.1) is 0 Å². The van der Waals surface area contributed by atoms with Crippen molar-refractivity contribution in [1.82, 2.24) is 24.5 Å². The first-order valence-electron chi connectivity index (χ1n) is 11.9. The van der Waals surface area contributed by atoms with Gasteiger partial charge in [0.05, 0.1) is 40.1 Å². The Morgan fingerprint density at radius 2 is 1.87 bits per heavy atom. The van der Waals surface area contributed by atoms with Gasteiger partial charge < -0.3 is 14.6 Å². The second-order valence-corrected chi connectivity index (χ2v) is 8.91. The van der Waals surface area contributed by atoms with Gasteiger partial charge in [-0.3, -0.25) is 9.78 Å². The van der Waals surface area contributed by atoms with Crippen LogP contribution in [0.15, 0.2) is 77.9 Å². The van der Waals surface area contributed by atoms with Crippen LogP contribution in [0.1, 0.15) is 22.4 Å². The third kappa shape index (κ3) is 4.47. The average Bonchev–Trinajstić information content (AvgIpc) is 3.36. The standard InChI is InChI=1S/C27H21F3N6O2/c28-27(29,30)18-8-9-22-23(13-18)33-25(32-22)35-12-10-21-20(15-35)24(37)36(19-6-2-1-3-7-19)26(34-21)38-16-17-5-4-11-31-14-17/h1-9,11,13-14H,10,12,15-16H2,(H,32,33). The Hall–Kier alpha value is -4.67. The van der Waals surface area contributed by atoms with E-state index in [1.165, 1.54) is 10.6 Å². The van der Waals surface area contributed by atoms with Crippen molar-refractivity contribution in [2.24, 2.45) is 0 Å². The van der Waals surface area contributed by atoms with Crippen LogP contribution in [0.2, 0.25) is 0 Å². The second-order valence-electron chi connectivity index (χ2n) is 8.91. The molecule has 0 atom stereocenters. The van der Waals surface area contributed by atoms with Crippen molar-refractivity contribution < 1.29 is 17.9 Å². The molecule has 5 aromatic rings. The first-order chi connectivity index (χ1) is 18.4. The Bertz CT molecular complexity index is 1670. The number of rotatable bonds is 5. The zero-order valence-electron chi connectivity index (χ0n) is 19.9. The molecule has 4 heterocycles. The van der Waals surface area contributed by atoms with Crippen LogP contribution in [0.25, 0.3) is 16.7 Å². The molecule has 1 N–H and O–H groups in total. The number of alkyl halides is 3. The van der Waals surface area contributed by atoms with Crippen molar-refractivity contribution in [2.45, 2.75) is 25.7 Å². The average molecular weight is 518 g/mol. The molecule has 11 heteroatoms. The molecule has 192 valence electrons. The molecule has 0 radical (unpaired) electrons. The topological polar surface area (TPSA) is 88.9 Å². The number of aromatic nitrogens is 5. The molecular formula is C27H21F3N6O2. The van der Waals surface area contributed by atoms with Crippen LogP contribution in [0.4, 0.5) is 19.1 Å². The van der Waals surface area contributed by atoms with Crippen LogP contribution in [-0.2, 0) is 25.7 Å². The van der Waals surface area contributed by atoms with Crippen molar-refractivity contribution in [1.29, 1.82) is 0 Å². The molecular weight excluding hydrogens is 497 g/mol. The lowest BCUT2D eigenvalue weighted by Crippen LogP contribution is -2.38. The van der Waals surface area contributed by atoms with Crippen LogP contribution >= 0.6 is 0 Å². The zero-order chi connectivity index (χ0) is 26.3. The van der Waals surface area contributed by atoms with Crippen LogP contribution < -0.4 is 15.2 Å². The van der Waals surface area contributed by atoms with Crippen molar-refractivity contribution in [3.63, 3.8) is 0 Å². The van der Waals surface area contributed by atoms with Gasteiger partial charge in [0.25, 0.3) is 5.56 Å². The SMILES string of the molecule is O=c1c2c(nc(OCc3cccnc3)n1-c1ccccc1)CCN(c1nc3ccc(C(F)(F)F)cc3[nH]1)C2. The molecule has 2 aromatic carbocycles. The van der Waals surface area contributed by atoms with E-state index in [4.69, 9.17) is 9.72 Å². The molecule has 3 aromatic heterocycles. The molecule has 0 bridgehead atoms. The van der Waals surface area contributed by atoms with Gasteiger partial charge >= 0.3 is 12.2 Å². The maximum atomic E-state index is 13.8. The van der Waals surface area contributed by atoms with Gasteiger partial charge in [-0.25, -0.2) is 14.5 Å². The third-order valence-corrected chi connectivity index (χ3v) is 6.40. The highest BCUT2D eigenvalue weighted by Gasteiger charge is 2.31. The number of anilines is 1. The van der Waals surface area contributed by atoms with Gasteiger partial charge in [0.2, 0.25) is 5.95 Å². The van der Waals surface area contributed by atoms with E-state index in [1.54, 1.807) is 30.6 Å². The zero-order valence-corrected chi connectivity index (χ0v) is 19.9. The molecule has 38 heavy (non-hydrogen) atoms. The predicted octanol–water partition coefficient (Wildman–Crippen LogP) is 4.66. The third-order valence-electron chi connectivity index (χ3n) is 6.40. The van der Waals surface area contributed by atoms with E-state index >= 15 is 0 Å². The predicted molar refractivity (Wildman–Crippen MR) is 134 cm³/mol. The number of H-pyrrole nitrogens is 1. The fraction of sp³-hybridized carbons (Fsp3) is 0.185. The Morgan fingerprint density at radius 1 is 1.03 bits per heavy atom. The highest BCUT2D eigenvalue weighted by Crippen LogP contribution is 2.32. The quantitative estimate of drug-likeness (QED) is 0.364. The fourth-order valence-electron chi connectivity index (χ4n) is 4.49. The minimum atomic E-state index is -4.45. The van der Waals surface area contributed by atoms with E-state index in [0.29, 0.717) is 41.4 Å². The summed E-state index contributed by atoms with van der Waals surface area (Å²) in [6, 6.07) is 16.3. The number of fused-ring (bicyclic) bond motifs is 2. The van der Waals surface area contributed by atoms with Gasteiger partial charge in [-0.2, -0.15) is 13.2 Å². The highest BCUT2D eigenvalue weighted by atomic mass is 19.4. The minimum absolute atomic E-state index is 0.181. The Labute approximate surface area is 214 Å². The monoisotopic (exact) mass is 518 g/mol. The highest BCUT2D eigenvalue weighted by molar-refractivity contribution is 5.78. The lowest BCUT2D eigenvalue weighted by molar-refractivity contribution is -0.137. The summed E-state index contributed by atoms with van der Waals surface area (Å²) in [7, 11) is 0. The van der Waals surface area contributed by atoms with Crippen molar-refractivity contribution in [3.05, 3.63) is 106 Å². The molecule has 0 saturated heterocycles. The van der Waals surface area contributed by atoms with Crippen LogP contribution in [0.5, 0.6) is 6.01 Å². The van der Waals surface area contributed by atoms with Crippen molar-refractivity contribution in [3.8, 4) is 11.7 Å². The smallest absolute Gasteiger partial charge is 0.416 e. The van der Waals surface area contributed by atoms with Gasteiger partial charge in [0.15, 0.2) is 0 Å². The number of benzene rings is 2. The Balaban J connectivity index is 1.36. The Morgan fingerprint density at radius 3 is 2.63 bits per heavy atom. The lowest BCUT2D eigenvalue weighted by atomic mass is 10.1. The van der Waals surface area contributed by atoms with Gasteiger partial charge in [-0.1, -0.05) is 24.3 Å². The summed E-state index contributed by atoms with van der Waals surface area (Å²) in [6.45, 7) is 0.864. The number of aromatic amines is 1. The summed E-state index contributed by atoms with van der Waals surface area (Å²) < 4.78 is 46.9. The molecule has 0 amide bonds. The summed E-state index contributed by atoms with van der Waals surface area (Å²) >= 11 is 0. The molecule has 0 saturated carbocycles. The van der Waals surface area contributed by atoms with E-state index < -0.39 is 11.7 Å². The largest absolute Gasteiger partial charge is 0.459 e. The maximum absolute atomic E-state index is 13.8. The summed E-state index contributed by atoms with van der Waals surface area (Å²) in [5.74, 6) is 0.396. The minimum Gasteiger partial charge on any atom is -0.459 e. The number of halogens is 3. The van der Waals surface area contributed by atoms with Gasteiger partial charge in [-0.05, 0) is 36.4 Å². The van der Waals surface area contributed by atoms with E-state index in [2.05, 4.69) is 15.0 Å².